The molecule has 2 unspecified atom stereocenters. The molecule has 0 amide bonds. The van der Waals surface area contributed by atoms with Crippen LogP contribution in [-0.4, -0.2) is 25.0 Å². The molecule has 21 heavy (non-hydrogen) atoms. The van der Waals surface area contributed by atoms with Crippen molar-refractivity contribution in [1.29, 1.82) is 0 Å². The summed E-state index contributed by atoms with van der Waals surface area (Å²) in [5.41, 5.74) is -0.784. The molecule has 1 aromatic carbocycles. The van der Waals surface area contributed by atoms with Gasteiger partial charge in [-0.2, -0.15) is 4.72 Å². The van der Waals surface area contributed by atoms with E-state index in [0.29, 0.717) is 24.8 Å². The Labute approximate surface area is 125 Å². The number of carboxylic acids is 1. The van der Waals surface area contributed by atoms with Crippen LogP contribution in [-0.2, 0) is 14.8 Å². The third-order valence-corrected chi connectivity index (χ3v) is 5.82. The summed E-state index contributed by atoms with van der Waals surface area (Å²) in [7, 11) is -3.85. The second kappa shape index (κ2) is 5.77. The van der Waals surface area contributed by atoms with Crippen LogP contribution in [0, 0.1) is 12.8 Å². The van der Waals surface area contributed by atoms with Crippen molar-refractivity contribution in [3.8, 4) is 0 Å². The first-order valence-corrected chi connectivity index (χ1v) is 8.58. The summed E-state index contributed by atoms with van der Waals surface area (Å²) in [6.45, 7) is 3.66. The summed E-state index contributed by atoms with van der Waals surface area (Å²) in [5.74, 6) is -0.902. The van der Waals surface area contributed by atoms with E-state index < -0.39 is 21.5 Å². The molecule has 2 atom stereocenters. The maximum atomic E-state index is 12.6. The van der Waals surface area contributed by atoms with Crippen molar-refractivity contribution in [2.75, 3.05) is 0 Å². The molecule has 0 aliphatic heterocycles. The van der Waals surface area contributed by atoms with E-state index in [1.165, 1.54) is 6.07 Å². The van der Waals surface area contributed by atoms with Crippen LogP contribution in [0.4, 0.5) is 0 Å². The topological polar surface area (TPSA) is 83.5 Å². The van der Waals surface area contributed by atoms with Crippen molar-refractivity contribution in [2.24, 2.45) is 5.92 Å². The SMILES string of the molecule is Cc1ccccc1S(=O)(=O)NC1(C(=O)O)CCCC(C)C1. The lowest BCUT2D eigenvalue weighted by atomic mass is 9.77. The van der Waals surface area contributed by atoms with Gasteiger partial charge in [0.1, 0.15) is 5.54 Å². The molecular weight excluding hydrogens is 290 g/mol. The lowest BCUT2D eigenvalue weighted by Crippen LogP contribution is -2.56. The standard InChI is InChI=1S/C15H21NO4S/c1-11-6-5-9-15(10-11,14(17)18)16-21(19,20)13-8-4-3-7-12(13)2/h3-4,7-8,11,16H,5-6,9-10H2,1-2H3,(H,17,18). The minimum atomic E-state index is -3.85. The van der Waals surface area contributed by atoms with Crippen LogP contribution in [0.15, 0.2) is 29.2 Å². The normalized spacial score (nSPS) is 26.5. The van der Waals surface area contributed by atoms with Crippen LogP contribution in [0.1, 0.15) is 38.2 Å². The van der Waals surface area contributed by atoms with E-state index in [0.717, 1.165) is 6.42 Å². The van der Waals surface area contributed by atoms with Gasteiger partial charge in [-0.1, -0.05) is 38.0 Å². The molecule has 0 bridgehead atoms. The second-order valence-corrected chi connectivity index (χ2v) is 7.61. The van der Waals surface area contributed by atoms with Gasteiger partial charge >= 0.3 is 5.97 Å². The highest BCUT2D eigenvalue weighted by atomic mass is 32.2. The number of aryl methyl sites for hydroxylation is 1. The van der Waals surface area contributed by atoms with E-state index in [1.807, 2.05) is 6.92 Å². The molecule has 0 radical (unpaired) electrons. The van der Waals surface area contributed by atoms with Gasteiger partial charge in [0.2, 0.25) is 10.0 Å². The van der Waals surface area contributed by atoms with Crippen molar-refractivity contribution in [2.45, 2.75) is 50.0 Å². The fourth-order valence-electron chi connectivity index (χ4n) is 3.05. The van der Waals surface area contributed by atoms with Gasteiger partial charge in [-0.3, -0.25) is 4.79 Å². The highest BCUT2D eigenvalue weighted by Crippen LogP contribution is 2.34. The van der Waals surface area contributed by atoms with Crippen molar-refractivity contribution in [3.05, 3.63) is 29.8 Å². The first-order chi connectivity index (χ1) is 9.77. The number of aliphatic carboxylic acids is 1. The predicted octanol–water partition coefficient (Wildman–Crippen LogP) is 2.31. The molecule has 1 saturated carbocycles. The van der Waals surface area contributed by atoms with Gasteiger partial charge in [-0.25, -0.2) is 8.42 Å². The Hall–Kier alpha value is -1.40. The van der Waals surface area contributed by atoms with Crippen molar-refractivity contribution < 1.29 is 18.3 Å². The van der Waals surface area contributed by atoms with E-state index in [2.05, 4.69) is 4.72 Å². The first-order valence-electron chi connectivity index (χ1n) is 7.10. The number of hydrogen-bond donors (Lipinski definition) is 2. The average Bonchev–Trinajstić information content (AvgIpc) is 2.38. The zero-order chi connectivity index (χ0) is 15.7. The number of benzene rings is 1. The summed E-state index contributed by atoms with van der Waals surface area (Å²) < 4.78 is 27.6. The van der Waals surface area contributed by atoms with Gasteiger partial charge in [0.05, 0.1) is 4.90 Å². The Bertz CT molecular complexity index is 641. The Kier molecular flexibility index (Phi) is 4.39. The summed E-state index contributed by atoms with van der Waals surface area (Å²) in [4.78, 5) is 11.8. The maximum Gasteiger partial charge on any atom is 0.324 e. The van der Waals surface area contributed by atoms with Gasteiger partial charge in [0.25, 0.3) is 0 Å². The third kappa shape index (κ3) is 3.27. The molecule has 2 rings (SSSR count). The molecule has 2 N–H and O–H groups in total. The van der Waals surface area contributed by atoms with E-state index in [9.17, 15) is 18.3 Å². The molecule has 0 saturated heterocycles. The molecule has 116 valence electrons. The van der Waals surface area contributed by atoms with Crippen LogP contribution in [0.3, 0.4) is 0 Å². The molecule has 1 aromatic rings. The smallest absolute Gasteiger partial charge is 0.324 e. The van der Waals surface area contributed by atoms with Gasteiger partial charge < -0.3 is 5.11 Å². The molecule has 6 heteroatoms. The third-order valence-electron chi connectivity index (χ3n) is 4.12. The summed E-state index contributed by atoms with van der Waals surface area (Å²) in [6, 6.07) is 6.59. The van der Waals surface area contributed by atoms with Crippen LogP contribution in [0.25, 0.3) is 0 Å². The van der Waals surface area contributed by atoms with Gasteiger partial charge in [0, 0.05) is 0 Å². The zero-order valence-electron chi connectivity index (χ0n) is 12.3. The predicted molar refractivity (Wildman–Crippen MR) is 79.5 cm³/mol. The van der Waals surface area contributed by atoms with E-state index in [-0.39, 0.29) is 10.8 Å². The number of hydrogen-bond acceptors (Lipinski definition) is 3. The fraction of sp³-hybridized carbons (Fsp3) is 0.533. The minimum Gasteiger partial charge on any atom is -0.480 e. The number of carboxylic acid groups (broad SMARTS) is 1. The Balaban J connectivity index is 2.37. The fourth-order valence-corrected chi connectivity index (χ4v) is 4.70. The second-order valence-electron chi connectivity index (χ2n) is 5.96. The number of rotatable bonds is 4. The maximum absolute atomic E-state index is 12.6. The minimum absolute atomic E-state index is 0.142. The lowest BCUT2D eigenvalue weighted by molar-refractivity contribution is -0.146. The van der Waals surface area contributed by atoms with Gasteiger partial charge in [-0.05, 0) is 37.3 Å². The molecular formula is C15H21NO4S. The first kappa shape index (κ1) is 16.0. The molecule has 5 nitrogen and oxygen atoms in total. The largest absolute Gasteiger partial charge is 0.480 e. The van der Waals surface area contributed by atoms with Crippen LogP contribution in [0.2, 0.25) is 0 Å². The molecule has 1 fully saturated rings. The van der Waals surface area contributed by atoms with E-state index >= 15 is 0 Å². The van der Waals surface area contributed by atoms with Crippen LogP contribution < -0.4 is 4.72 Å². The number of nitrogens with one attached hydrogen (secondary N) is 1. The monoisotopic (exact) mass is 311 g/mol. The zero-order valence-corrected chi connectivity index (χ0v) is 13.1. The van der Waals surface area contributed by atoms with Crippen LogP contribution >= 0.6 is 0 Å². The summed E-state index contributed by atoms with van der Waals surface area (Å²) in [6.07, 6.45) is 2.30. The van der Waals surface area contributed by atoms with Crippen LogP contribution in [0.5, 0.6) is 0 Å². The Morgan fingerprint density at radius 1 is 1.38 bits per heavy atom. The van der Waals surface area contributed by atoms with Crippen molar-refractivity contribution in [1.82, 2.24) is 4.72 Å². The van der Waals surface area contributed by atoms with Crippen molar-refractivity contribution in [3.63, 3.8) is 0 Å². The van der Waals surface area contributed by atoms with E-state index in [4.69, 9.17) is 0 Å². The highest BCUT2D eigenvalue weighted by molar-refractivity contribution is 7.89. The van der Waals surface area contributed by atoms with E-state index in [1.54, 1.807) is 25.1 Å². The number of carbonyl (C=O) groups is 1. The molecule has 0 aromatic heterocycles. The summed E-state index contributed by atoms with van der Waals surface area (Å²) in [5, 5.41) is 9.56. The van der Waals surface area contributed by atoms with Gasteiger partial charge in [-0.15, -0.1) is 0 Å². The lowest BCUT2D eigenvalue weighted by Gasteiger charge is -2.36. The molecule has 1 aliphatic carbocycles. The summed E-state index contributed by atoms with van der Waals surface area (Å²) >= 11 is 0. The average molecular weight is 311 g/mol. The molecule has 0 spiro atoms. The Morgan fingerprint density at radius 3 is 2.62 bits per heavy atom. The molecule has 1 aliphatic rings. The van der Waals surface area contributed by atoms with Gasteiger partial charge in [0.15, 0.2) is 0 Å². The number of sulfonamides is 1. The van der Waals surface area contributed by atoms with Crippen molar-refractivity contribution >= 4 is 16.0 Å². The highest BCUT2D eigenvalue weighted by Gasteiger charge is 2.45. The quantitative estimate of drug-likeness (QED) is 0.893. The Morgan fingerprint density at radius 2 is 2.05 bits per heavy atom. The molecule has 0 heterocycles.